The van der Waals surface area contributed by atoms with Crippen LogP contribution in [0, 0.1) is 5.92 Å². The van der Waals surface area contributed by atoms with Crippen molar-refractivity contribution in [2.75, 3.05) is 5.32 Å². The first-order valence-corrected chi connectivity index (χ1v) is 6.47. The lowest BCUT2D eigenvalue weighted by atomic mass is 10.1. The highest BCUT2D eigenvalue weighted by molar-refractivity contribution is 5.92. The number of carbonyl (C=O) groups excluding carboxylic acids is 1. The zero-order valence-corrected chi connectivity index (χ0v) is 10.6. The van der Waals surface area contributed by atoms with Crippen molar-refractivity contribution in [2.24, 2.45) is 11.7 Å². The molecule has 4 heteroatoms. The first-order chi connectivity index (χ1) is 8.60. The second-order valence-corrected chi connectivity index (χ2v) is 4.96. The summed E-state index contributed by atoms with van der Waals surface area (Å²) in [5, 5.41) is 12.4. The maximum atomic E-state index is 11.8. The molecule has 1 aliphatic rings. The van der Waals surface area contributed by atoms with E-state index in [0.29, 0.717) is 18.0 Å². The Bertz CT molecular complexity index is 441. The van der Waals surface area contributed by atoms with Crippen LogP contribution in [0.4, 0.5) is 5.69 Å². The standard InChI is InChI=1S/C14H20N2O2/c1-2-9-3-6-13(17)12(7-9)16-14(18)8-11(15)10-4-5-10/h3,6-7,10-11,17H,2,4-5,8,15H2,1H3,(H,16,18). The van der Waals surface area contributed by atoms with E-state index in [1.807, 2.05) is 13.0 Å². The Morgan fingerprint density at radius 1 is 1.56 bits per heavy atom. The smallest absolute Gasteiger partial charge is 0.226 e. The minimum Gasteiger partial charge on any atom is -0.506 e. The minimum atomic E-state index is -0.127. The van der Waals surface area contributed by atoms with E-state index in [9.17, 15) is 9.90 Å². The summed E-state index contributed by atoms with van der Waals surface area (Å²) >= 11 is 0. The van der Waals surface area contributed by atoms with Crippen molar-refractivity contribution in [3.8, 4) is 5.75 Å². The Hall–Kier alpha value is -1.55. The second-order valence-electron chi connectivity index (χ2n) is 4.96. The number of aromatic hydroxyl groups is 1. The number of aryl methyl sites for hydroxylation is 1. The van der Waals surface area contributed by atoms with Gasteiger partial charge in [0, 0.05) is 12.5 Å². The van der Waals surface area contributed by atoms with Crippen molar-refractivity contribution in [2.45, 2.75) is 38.6 Å². The largest absolute Gasteiger partial charge is 0.506 e. The molecular formula is C14H20N2O2. The average molecular weight is 248 g/mol. The fourth-order valence-electron chi connectivity index (χ4n) is 2.01. The van der Waals surface area contributed by atoms with E-state index >= 15 is 0 Å². The normalized spacial score (nSPS) is 16.3. The molecule has 0 bridgehead atoms. The number of anilines is 1. The summed E-state index contributed by atoms with van der Waals surface area (Å²) in [7, 11) is 0. The van der Waals surface area contributed by atoms with Gasteiger partial charge in [0.25, 0.3) is 0 Å². The zero-order chi connectivity index (χ0) is 13.1. The molecule has 0 aliphatic heterocycles. The van der Waals surface area contributed by atoms with E-state index in [4.69, 9.17) is 5.73 Å². The molecule has 1 aromatic rings. The van der Waals surface area contributed by atoms with Gasteiger partial charge in [-0.3, -0.25) is 4.79 Å². The molecule has 18 heavy (non-hydrogen) atoms. The summed E-state index contributed by atoms with van der Waals surface area (Å²) in [6.45, 7) is 2.03. The molecule has 1 aliphatic carbocycles. The van der Waals surface area contributed by atoms with Gasteiger partial charge in [0.2, 0.25) is 5.91 Å². The monoisotopic (exact) mass is 248 g/mol. The number of benzene rings is 1. The van der Waals surface area contributed by atoms with Crippen LogP contribution in [0.1, 0.15) is 31.7 Å². The van der Waals surface area contributed by atoms with Crippen molar-refractivity contribution in [3.05, 3.63) is 23.8 Å². The van der Waals surface area contributed by atoms with E-state index in [1.54, 1.807) is 12.1 Å². The van der Waals surface area contributed by atoms with E-state index < -0.39 is 0 Å². The van der Waals surface area contributed by atoms with Gasteiger partial charge in [0.1, 0.15) is 5.75 Å². The quantitative estimate of drug-likeness (QED) is 0.698. The summed E-state index contributed by atoms with van der Waals surface area (Å²) in [6.07, 6.45) is 3.45. The molecule has 0 radical (unpaired) electrons. The van der Waals surface area contributed by atoms with Crippen LogP contribution >= 0.6 is 0 Å². The van der Waals surface area contributed by atoms with Crippen LogP contribution in [-0.2, 0) is 11.2 Å². The average Bonchev–Trinajstić information content (AvgIpc) is 3.15. The molecule has 2 rings (SSSR count). The van der Waals surface area contributed by atoms with Gasteiger partial charge in [-0.15, -0.1) is 0 Å². The van der Waals surface area contributed by atoms with Crippen molar-refractivity contribution in [1.29, 1.82) is 0 Å². The first-order valence-electron chi connectivity index (χ1n) is 6.47. The molecule has 0 aromatic heterocycles. The van der Waals surface area contributed by atoms with E-state index in [2.05, 4.69) is 5.32 Å². The highest BCUT2D eigenvalue weighted by Crippen LogP contribution is 2.33. The summed E-state index contributed by atoms with van der Waals surface area (Å²) in [6, 6.07) is 5.20. The predicted octanol–water partition coefficient (Wildman–Crippen LogP) is 2.02. The summed E-state index contributed by atoms with van der Waals surface area (Å²) in [4.78, 5) is 11.8. The van der Waals surface area contributed by atoms with E-state index in [0.717, 1.165) is 24.8 Å². The number of phenolic OH excluding ortho intramolecular Hbond substituents is 1. The van der Waals surface area contributed by atoms with Gasteiger partial charge in [0.05, 0.1) is 5.69 Å². The van der Waals surface area contributed by atoms with Crippen molar-refractivity contribution >= 4 is 11.6 Å². The fraction of sp³-hybridized carbons (Fsp3) is 0.500. The lowest BCUT2D eigenvalue weighted by molar-refractivity contribution is -0.116. The summed E-state index contributed by atoms with van der Waals surface area (Å²) in [5.41, 5.74) is 7.46. The van der Waals surface area contributed by atoms with Gasteiger partial charge in [-0.2, -0.15) is 0 Å². The molecule has 1 atom stereocenters. The molecular weight excluding hydrogens is 228 g/mol. The Morgan fingerprint density at radius 3 is 2.89 bits per heavy atom. The van der Waals surface area contributed by atoms with E-state index in [-0.39, 0.29) is 17.7 Å². The van der Waals surface area contributed by atoms with Crippen LogP contribution in [0.15, 0.2) is 18.2 Å². The molecule has 1 aromatic carbocycles. The van der Waals surface area contributed by atoms with Crippen molar-refractivity contribution in [3.63, 3.8) is 0 Å². The number of carbonyl (C=O) groups is 1. The number of nitrogens with two attached hydrogens (primary N) is 1. The Balaban J connectivity index is 1.96. The number of nitrogens with one attached hydrogen (secondary N) is 1. The molecule has 98 valence electrons. The third-order valence-electron chi connectivity index (χ3n) is 3.39. The topological polar surface area (TPSA) is 75.3 Å². The van der Waals surface area contributed by atoms with Gasteiger partial charge < -0.3 is 16.2 Å². The summed E-state index contributed by atoms with van der Waals surface area (Å²) < 4.78 is 0. The number of hydrogen-bond acceptors (Lipinski definition) is 3. The number of phenols is 1. The number of hydrogen-bond donors (Lipinski definition) is 3. The zero-order valence-electron chi connectivity index (χ0n) is 10.6. The van der Waals surface area contributed by atoms with Crippen LogP contribution in [0.3, 0.4) is 0 Å². The molecule has 1 saturated carbocycles. The number of amides is 1. The fourth-order valence-corrected chi connectivity index (χ4v) is 2.01. The Kier molecular flexibility index (Phi) is 3.87. The maximum absolute atomic E-state index is 11.8. The van der Waals surface area contributed by atoms with Crippen molar-refractivity contribution < 1.29 is 9.90 Å². The van der Waals surface area contributed by atoms with Crippen LogP contribution in [0.5, 0.6) is 5.75 Å². The molecule has 0 spiro atoms. The van der Waals surface area contributed by atoms with Crippen LogP contribution < -0.4 is 11.1 Å². The molecule has 4 nitrogen and oxygen atoms in total. The SMILES string of the molecule is CCc1ccc(O)c(NC(=O)CC(N)C2CC2)c1. The second kappa shape index (κ2) is 5.40. The molecule has 0 heterocycles. The Labute approximate surface area is 107 Å². The third kappa shape index (κ3) is 3.23. The third-order valence-corrected chi connectivity index (χ3v) is 3.39. The van der Waals surface area contributed by atoms with Gasteiger partial charge in [-0.25, -0.2) is 0 Å². The van der Waals surface area contributed by atoms with Crippen LogP contribution in [0.2, 0.25) is 0 Å². The Morgan fingerprint density at radius 2 is 2.28 bits per heavy atom. The minimum absolute atomic E-state index is 0.0542. The first kappa shape index (κ1) is 12.9. The van der Waals surface area contributed by atoms with Crippen LogP contribution in [-0.4, -0.2) is 17.1 Å². The summed E-state index contributed by atoms with van der Waals surface area (Å²) in [5.74, 6) is 0.477. The number of rotatable bonds is 5. The maximum Gasteiger partial charge on any atom is 0.226 e. The van der Waals surface area contributed by atoms with Gasteiger partial charge in [0.15, 0.2) is 0 Å². The lowest BCUT2D eigenvalue weighted by Gasteiger charge is -2.12. The molecule has 1 amide bonds. The molecule has 0 saturated heterocycles. The van der Waals surface area contributed by atoms with Crippen molar-refractivity contribution in [1.82, 2.24) is 0 Å². The highest BCUT2D eigenvalue weighted by Gasteiger charge is 2.29. The van der Waals surface area contributed by atoms with Gasteiger partial charge >= 0.3 is 0 Å². The molecule has 1 fully saturated rings. The van der Waals surface area contributed by atoms with Gasteiger partial charge in [-0.1, -0.05) is 13.0 Å². The lowest BCUT2D eigenvalue weighted by Crippen LogP contribution is -2.28. The van der Waals surface area contributed by atoms with Crippen LogP contribution in [0.25, 0.3) is 0 Å². The van der Waals surface area contributed by atoms with Gasteiger partial charge in [-0.05, 0) is 42.9 Å². The molecule has 1 unspecified atom stereocenters. The highest BCUT2D eigenvalue weighted by atomic mass is 16.3. The van der Waals surface area contributed by atoms with E-state index in [1.165, 1.54) is 0 Å². The molecule has 4 N–H and O–H groups in total. The predicted molar refractivity (Wildman–Crippen MR) is 71.4 cm³/mol.